The number of thioether (sulfide) groups is 1. The summed E-state index contributed by atoms with van der Waals surface area (Å²) >= 11 is 1.53. The van der Waals surface area contributed by atoms with Crippen molar-refractivity contribution < 1.29 is 9.59 Å². The van der Waals surface area contributed by atoms with Crippen LogP contribution < -0.4 is 10.2 Å². The maximum atomic E-state index is 12.4. The van der Waals surface area contributed by atoms with Crippen LogP contribution in [-0.2, 0) is 9.59 Å². The second kappa shape index (κ2) is 9.35. The predicted octanol–water partition coefficient (Wildman–Crippen LogP) is 4.11. The summed E-state index contributed by atoms with van der Waals surface area (Å²) in [5.74, 6) is 0.583. The molecule has 0 aromatic heterocycles. The minimum atomic E-state index is -0.333. The quantitative estimate of drug-likeness (QED) is 0.753. The number of benzene rings is 2. The van der Waals surface area contributed by atoms with Gasteiger partial charge in [-0.05, 0) is 36.4 Å². The lowest BCUT2D eigenvalue weighted by molar-refractivity contribution is -0.139. The van der Waals surface area contributed by atoms with Crippen molar-refractivity contribution in [3.63, 3.8) is 0 Å². The van der Waals surface area contributed by atoms with Crippen LogP contribution >= 0.6 is 11.8 Å². The third kappa shape index (κ3) is 6.00. The molecule has 5 nitrogen and oxygen atoms in total. The van der Waals surface area contributed by atoms with Crippen molar-refractivity contribution in [1.29, 1.82) is 0 Å². The smallest absolute Gasteiger partial charge is 0.234 e. The van der Waals surface area contributed by atoms with Gasteiger partial charge in [-0.1, -0.05) is 39.0 Å². The number of rotatable bonds is 5. The van der Waals surface area contributed by atoms with E-state index in [0.29, 0.717) is 5.75 Å². The number of carbonyl (C=O) groups is 2. The Morgan fingerprint density at radius 3 is 2.14 bits per heavy atom. The molecule has 154 valence electrons. The lowest BCUT2D eigenvalue weighted by Gasteiger charge is -2.38. The zero-order valence-electron chi connectivity index (χ0n) is 17.4. The Labute approximate surface area is 177 Å². The van der Waals surface area contributed by atoms with Crippen molar-refractivity contribution in [1.82, 2.24) is 4.90 Å². The third-order valence-corrected chi connectivity index (χ3v) is 5.85. The number of piperazine rings is 1. The Kier molecular flexibility index (Phi) is 6.85. The number of anilines is 2. The minimum Gasteiger partial charge on any atom is -0.368 e. The van der Waals surface area contributed by atoms with Crippen LogP contribution in [0, 0.1) is 5.41 Å². The molecule has 0 aliphatic carbocycles. The highest BCUT2D eigenvalue weighted by Crippen LogP contribution is 2.23. The molecule has 0 spiro atoms. The molecule has 2 amide bonds. The van der Waals surface area contributed by atoms with Gasteiger partial charge in [0.1, 0.15) is 0 Å². The normalized spacial score (nSPS) is 14.6. The lowest BCUT2D eigenvalue weighted by atomic mass is 9.94. The number of nitrogens with zero attached hydrogens (tertiary/aromatic N) is 2. The summed E-state index contributed by atoms with van der Waals surface area (Å²) in [6.45, 7) is 9.02. The van der Waals surface area contributed by atoms with Crippen LogP contribution in [0.4, 0.5) is 11.4 Å². The monoisotopic (exact) mass is 411 g/mol. The molecule has 0 saturated carbocycles. The average molecular weight is 412 g/mol. The Balaban J connectivity index is 1.48. The average Bonchev–Trinajstić information content (AvgIpc) is 2.72. The molecule has 1 fully saturated rings. The van der Waals surface area contributed by atoms with Crippen molar-refractivity contribution in [2.45, 2.75) is 25.7 Å². The molecule has 0 bridgehead atoms. The summed E-state index contributed by atoms with van der Waals surface area (Å²) in [6, 6.07) is 17.8. The van der Waals surface area contributed by atoms with Crippen molar-refractivity contribution in [2.75, 3.05) is 42.1 Å². The lowest BCUT2D eigenvalue weighted by Crippen LogP contribution is -2.51. The van der Waals surface area contributed by atoms with Gasteiger partial charge in [0, 0.05) is 47.9 Å². The Morgan fingerprint density at radius 2 is 1.55 bits per heavy atom. The maximum absolute atomic E-state index is 12.4. The van der Waals surface area contributed by atoms with E-state index < -0.39 is 0 Å². The number of hydrogen-bond donors (Lipinski definition) is 1. The summed E-state index contributed by atoms with van der Waals surface area (Å²) in [7, 11) is 0. The molecule has 2 aromatic rings. The zero-order chi connectivity index (χ0) is 20.9. The van der Waals surface area contributed by atoms with Crippen molar-refractivity contribution >= 4 is 35.0 Å². The molecule has 6 heteroatoms. The molecule has 0 unspecified atom stereocenters. The molecule has 0 radical (unpaired) electrons. The molecule has 2 aromatic carbocycles. The van der Waals surface area contributed by atoms with Gasteiger partial charge in [-0.2, -0.15) is 0 Å². The standard InChI is InChI=1S/C23H29N3O2S/c1-23(2,3)22(28)26-15-13-25(14-16-26)19-11-9-18(10-12-19)24-21(27)17-29-20-7-5-4-6-8-20/h4-12H,13-17H2,1-3H3,(H,24,27). The van der Waals surface area contributed by atoms with Gasteiger partial charge in [-0.3, -0.25) is 9.59 Å². The van der Waals surface area contributed by atoms with Crippen molar-refractivity contribution in [3.05, 3.63) is 54.6 Å². The van der Waals surface area contributed by atoms with E-state index in [1.165, 1.54) is 11.8 Å². The molecule has 29 heavy (non-hydrogen) atoms. The van der Waals surface area contributed by atoms with Crippen LogP contribution in [0.3, 0.4) is 0 Å². The maximum Gasteiger partial charge on any atom is 0.234 e. The highest BCUT2D eigenvalue weighted by molar-refractivity contribution is 8.00. The van der Waals surface area contributed by atoms with E-state index in [1.807, 2.05) is 80.3 Å². The first-order valence-electron chi connectivity index (χ1n) is 9.95. The molecule has 1 heterocycles. The summed E-state index contributed by atoms with van der Waals surface area (Å²) < 4.78 is 0. The molecule has 1 N–H and O–H groups in total. The van der Waals surface area contributed by atoms with Gasteiger partial charge in [-0.15, -0.1) is 11.8 Å². The van der Waals surface area contributed by atoms with E-state index >= 15 is 0 Å². The molecule has 1 aliphatic rings. The van der Waals surface area contributed by atoms with Crippen LogP contribution in [0.15, 0.2) is 59.5 Å². The van der Waals surface area contributed by atoms with Gasteiger partial charge < -0.3 is 15.1 Å². The number of nitrogens with one attached hydrogen (secondary N) is 1. The molecular formula is C23H29N3O2S. The van der Waals surface area contributed by atoms with E-state index in [2.05, 4.69) is 10.2 Å². The third-order valence-electron chi connectivity index (χ3n) is 4.84. The molecule has 1 saturated heterocycles. The van der Waals surface area contributed by atoms with Crippen LogP contribution in [0.5, 0.6) is 0 Å². The molecule has 1 aliphatic heterocycles. The highest BCUT2D eigenvalue weighted by atomic mass is 32.2. The molecule has 3 rings (SSSR count). The Morgan fingerprint density at radius 1 is 0.931 bits per heavy atom. The minimum absolute atomic E-state index is 0.0130. The largest absolute Gasteiger partial charge is 0.368 e. The first-order chi connectivity index (χ1) is 13.8. The van der Waals surface area contributed by atoms with Crippen LogP contribution in [0.25, 0.3) is 0 Å². The van der Waals surface area contributed by atoms with Crippen LogP contribution in [-0.4, -0.2) is 48.6 Å². The summed E-state index contributed by atoms with van der Waals surface area (Å²) in [6.07, 6.45) is 0. The summed E-state index contributed by atoms with van der Waals surface area (Å²) in [5, 5.41) is 2.95. The van der Waals surface area contributed by atoms with Gasteiger partial charge in [0.05, 0.1) is 5.75 Å². The zero-order valence-corrected chi connectivity index (χ0v) is 18.2. The second-order valence-corrected chi connectivity index (χ2v) is 9.27. The van der Waals surface area contributed by atoms with Crippen molar-refractivity contribution in [3.8, 4) is 0 Å². The Hall–Kier alpha value is -2.47. The topological polar surface area (TPSA) is 52.7 Å². The Bertz CT molecular complexity index is 823. The van der Waals surface area contributed by atoms with Crippen molar-refractivity contribution in [2.24, 2.45) is 5.41 Å². The second-order valence-electron chi connectivity index (χ2n) is 8.23. The fraction of sp³-hybridized carbons (Fsp3) is 0.391. The van der Waals surface area contributed by atoms with E-state index in [4.69, 9.17) is 0 Å². The fourth-order valence-corrected chi connectivity index (χ4v) is 3.98. The molecule has 0 atom stereocenters. The van der Waals surface area contributed by atoms with E-state index in [9.17, 15) is 9.59 Å². The summed E-state index contributed by atoms with van der Waals surface area (Å²) in [4.78, 5) is 29.9. The fourth-order valence-electron chi connectivity index (χ4n) is 3.26. The van der Waals surface area contributed by atoms with Crippen LogP contribution in [0.2, 0.25) is 0 Å². The number of hydrogen-bond acceptors (Lipinski definition) is 4. The van der Waals surface area contributed by atoms with E-state index in [1.54, 1.807) is 0 Å². The SMILES string of the molecule is CC(C)(C)C(=O)N1CCN(c2ccc(NC(=O)CSc3ccccc3)cc2)CC1. The van der Waals surface area contributed by atoms with Gasteiger partial charge >= 0.3 is 0 Å². The first kappa shape index (κ1) is 21.2. The van der Waals surface area contributed by atoms with Gasteiger partial charge in [0.2, 0.25) is 11.8 Å². The predicted molar refractivity (Wildman–Crippen MR) is 120 cm³/mol. The van der Waals surface area contributed by atoms with Crippen LogP contribution in [0.1, 0.15) is 20.8 Å². The number of carbonyl (C=O) groups excluding carboxylic acids is 2. The van der Waals surface area contributed by atoms with E-state index in [0.717, 1.165) is 42.4 Å². The van der Waals surface area contributed by atoms with Gasteiger partial charge in [-0.25, -0.2) is 0 Å². The van der Waals surface area contributed by atoms with E-state index in [-0.39, 0.29) is 17.2 Å². The first-order valence-corrected chi connectivity index (χ1v) is 10.9. The van der Waals surface area contributed by atoms with Gasteiger partial charge in [0.15, 0.2) is 0 Å². The van der Waals surface area contributed by atoms with Gasteiger partial charge in [0.25, 0.3) is 0 Å². The number of amides is 2. The molecular weight excluding hydrogens is 382 g/mol. The highest BCUT2D eigenvalue weighted by Gasteiger charge is 2.29. The summed E-state index contributed by atoms with van der Waals surface area (Å²) in [5.41, 5.74) is 1.58.